The summed E-state index contributed by atoms with van der Waals surface area (Å²) in [6, 6.07) is 0.503. The van der Waals surface area contributed by atoms with Crippen LogP contribution in [0.25, 0.3) is 0 Å². The van der Waals surface area contributed by atoms with Crippen LogP contribution in [0.15, 0.2) is 0 Å². The molecule has 0 heterocycles. The van der Waals surface area contributed by atoms with Gasteiger partial charge in [0.05, 0.1) is 0 Å². The zero-order valence-electron chi connectivity index (χ0n) is 8.51. The van der Waals surface area contributed by atoms with E-state index in [-0.39, 0.29) is 0 Å². The Kier molecular flexibility index (Phi) is 1.76. The van der Waals surface area contributed by atoms with Crippen LogP contribution in [0.2, 0.25) is 0 Å². The maximum absolute atomic E-state index is 6.25. The lowest BCUT2D eigenvalue weighted by atomic mass is 9.69. The van der Waals surface area contributed by atoms with Gasteiger partial charge in [0.1, 0.15) is 0 Å². The van der Waals surface area contributed by atoms with E-state index in [9.17, 15) is 0 Å². The van der Waals surface area contributed by atoms with Gasteiger partial charge < -0.3 is 5.73 Å². The average Bonchev–Trinajstić information content (AvgIpc) is 2.42. The molecular weight excluding hydrogens is 146 g/mol. The summed E-state index contributed by atoms with van der Waals surface area (Å²) in [4.78, 5) is 0. The average molecular weight is 167 g/mol. The number of nitrogens with two attached hydrogens (primary N) is 1. The molecule has 2 aliphatic rings. The predicted octanol–water partition coefficient (Wildman–Crippen LogP) is 2.41. The zero-order chi connectivity index (χ0) is 8.93. The minimum absolute atomic E-state index is 0.430. The Balaban J connectivity index is 2.17. The van der Waals surface area contributed by atoms with Crippen LogP contribution >= 0.6 is 0 Å². The number of hydrogen-bond acceptors (Lipinski definition) is 1. The van der Waals surface area contributed by atoms with Crippen LogP contribution in [0.3, 0.4) is 0 Å². The largest absolute Gasteiger partial charge is 0.327 e. The molecule has 0 radical (unpaired) electrons. The highest BCUT2D eigenvalue weighted by Gasteiger charge is 2.49. The molecule has 0 saturated heterocycles. The summed E-state index contributed by atoms with van der Waals surface area (Å²) in [6.07, 6.45) is 4.27. The molecule has 0 aliphatic heterocycles. The standard InChI is InChI=1S/C11H21N/c1-11(2,3)9-7-4-5-8(6-7)10(9)12/h7-10H,4-6,12H2,1-3H3/t7-,8+,9?,10-/m1/s1. The first kappa shape index (κ1) is 8.55. The topological polar surface area (TPSA) is 26.0 Å². The second-order valence-electron chi connectivity index (χ2n) is 5.80. The van der Waals surface area contributed by atoms with Gasteiger partial charge in [-0.3, -0.25) is 0 Å². The van der Waals surface area contributed by atoms with E-state index in [0.29, 0.717) is 11.5 Å². The van der Waals surface area contributed by atoms with Crippen molar-refractivity contribution in [2.45, 2.75) is 46.1 Å². The molecule has 12 heavy (non-hydrogen) atoms. The van der Waals surface area contributed by atoms with Crippen LogP contribution in [-0.2, 0) is 0 Å². The van der Waals surface area contributed by atoms with Crippen molar-refractivity contribution in [2.75, 3.05) is 0 Å². The molecular formula is C11H21N. The summed E-state index contributed by atoms with van der Waals surface area (Å²) in [5, 5.41) is 0. The third-order valence-corrected chi connectivity index (χ3v) is 3.98. The molecule has 0 aromatic carbocycles. The van der Waals surface area contributed by atoms with Crippen LogP contribution < -0.4 is 5.73 Å². The molecule has 2 fully saturated rings. The maximum atomic E-state index is 6.25. The molecule has 2 rings (SSSR count). The Labute approximate surface area is 75.7 Å². The second kappa shape index (κ2) is 2.47. The lowest BCUT2D eigenvalue weighted by Gasteiger charge is -2.38. The maximum Gasteiger partial charge on any atom is 0.0103 e. The Morgan fingerprint density at radius 2 is 1.67 bits per heavy atom. The fraction of sp³-hybridized carbons (Fsp3) is 1.00. The van der Waals surface area contributed by atoms with Crippen LogP contribution in [-0.4, -0.2) is 6.04 Å². The third kappa shape index (κ3) is 1.10. The minimum atomic E-state index is 0.430. The fourth-order valence-electron chi connectivity index (χ4n) is 3.62. The summed E-state index contributed by atoms with van der Waals surface area (Å²) in [5.74, 6) is 2.60. The molecule has 2 saturated carbocycles. The van der Waals surface area contributed by atoms with Crippen LogP contribution in [0, 0.1) is 23.2 Å². The Morgan fingerprint density at radius 1 is 1.08 bits per heavy atom. The SMILES string of the molecule is CC(C)(C)C1[C@@H]2CC[C@@H](C2)[C@H]1N. The van der Waals surface area contributed by atoms with Crippen LogP contribution in [0.4, 0.5) is 0 Å². The summed E-state index contributed by atoms with van der Waals surface area (Å²) in [5.41, 5.74) is 6.68. The van der Waals surface area contributed by atoms with Gasteiger partial charge in [-0.05, 0) is 42.4 Å². The van der Waals surface area contributed by atoms with Gasteiger partial charge in [0.15, 0.2) is 0 Å². The molecule has 4 atom stereocenters. The van der Waals surface area contributed by atoms with E-state index in [1.165, 1.54) is 19.3 Å². The molecule has 2 bridgehead atoms. The van der Waals surface area contributed by atoms with Gasteiger partial charge in [-0.15, -0.1) is 0 Å². The van der Waals surface area contributed by atoms with Crippen molar-refractivity contribution in [3.05, 3.63) is 0 Å². The van der Waals surface area contributed by atoms with E-state index in [1.54, 1.807) is 0 Å². The molecule has 0 amide bonds. The molecule has 0 spiro atoms. The molecule has 2 aliphatic carbocycles. The normalized spacial score (nSPS) is 47.0. The number of rotatable bonds is 0. The Morgan fingerprint density at radius 3 is 2.00 bits per heavy atom. The van der Waals surface area contributed by atoms with Crippen LogP contribution in [0.5, 0.6) is 0 Å². The highest BCUT2D eigenvalue weighted by molar-refractivity contribution is 5.02. The van der Waals surface area contributed by atoms with Gasteiger partial charge in [-0.1, -0.05) is 20.8 Å². The highest BCUT2D eigenvalue weighted by atomic mass is 14.8. The first-order valence-corrected chi connectivity index (χ1v) is 5.26. The first-order chi connectivity index (χ1) is 5.50. The molecule has 1 unspecified atom stereocenters. The van der Waals surface area contributed by atoms with E-state index in [1.807, 2.05) is 0 Å². The lowest BCUT2D eigenvalue weighted by Crippen LogP contribution is -2.42. The quantitative estimate of drug-likeness (QED) is 0.589. The van der Waals surface area contributed by atoms with Crippen molar-refractivity contribution in [1.82, 2.24) is 0 Å². The van der Waals surface area contributed by atoms with Crippen molar-refractivity contribution in [1.29, 1.82) is 0 Å². The van der Waals surface area contributed by atoms with Gasteiger partial charge in [0, 0.05) is 6.04 Å². The molecule has 70 valence electrons. The van der Waals surface area contributed by atoms with Crippen molar-refractivity contribution in [3.63, 3.8) is 0 Å². The second-order valence-corrected chi connectivity index (χ2v) is 5.80. The number of hydrogen-bond donors (Lipinski definition) is 1. The van der Waals surface area contributed by atoms with Crippen molar-refractivity contribution >= 4 is 0 Å². The Bertz CT molecular complexity index is 178. The van der Waals surface area contributed by atoms with E-state index in [0.717, 1.165) is 17.8 Å². The van der Waals surface area contributed by atoms with Crippen molar-refractivity contribution < 1.29 is 0 Å². The van der Waals surface area contributed by atoms with Crippen molar-refractivity contribution in [2.24, 2.45) is 28.9 Å². The van der Waals surface area contributed by atoms with E-state index < -0.39 is 0 Å². The summed E-state index contributed by atoms with van der Waals surface area (Å²) < 4.78 is 0. The predicted molar refractivity (Wildman–Crippen MR) is 51.8 cm³/mol. The molecule has 1 nitrogen and oxygen atoms in total. The van der Waals surface area contributed by atoms with E-state index in [4.69, 9.17) is 5.73 Å². The third-order valence-electron chi connectivity index (χ3n) is 3.98. The molecule has 0 aromatic heterocycles. The summed E-state index contributed by atoms with van der Waals surface area (Å²) in [6.45, 7) is 7.04. The summed E-state index contributed by atoms with van der Waals surface area (Å²) in [7, 11) is 0. The molecule has 1 heteroatoms. The van der Waals surface area contributed by atoms with Gasteiger partial charge in [-0.2, -0.15) is 0 Å². The van der Waals surface area contributed by atoms with Gasteiger partial charge >= 0.3 is 0 Å². The molecule has 0 aromatic rings. The van der Waals surface area contributed by atoms with Gasteiger partial charge in [0.2, 0.25) is 0 Å². The van der Waals surface area contributed by atoms with E-state index in [2.05, 4.69) is 20.8 Å². The monoisotopic (exact) mass is 167 g/mol. The highest BCUT2D eigenvalue weighted by Crippen LogP contribution is 2.53. The first-order valence-electron chi connectivity index (χ1n) is 5.26. The number of fused-ring (bicyclic) bond motifs is 2. The van der Waals surface area contributed by atoms with E-state index >= 15 is 0 Å². The van der Waals surface area contributed by atoms with Gasteiger partial charge in [-0.25, -0.2) is 0 Å². The molecule has 2 N–H and O–H groups in total. The smallest absolute Gasteiger partial charge is 0.0103 e. The fourth-order valence-corrected chi connectivity index (χ4v) is 3.62. The van der Waals surface area contributed by atoms with Crippen molar-refractivity contribution in [3.8, 4) is 0 Å². The van der Waals surface area contributed by atoms with Gasteiger partial charge in [0.25, 0.3) is 0 Å². The van der Waals surface area contributed by atoms with Crippen LogP contribution in [0.1, 0.15) is 40.0 Å². The Hall–Kier alpha value is -0.0400. The lowest BCUT2D eigenvalue weighted by molar-refractivity contribution is 0.138. The summed E-state index contributed by atoms with van der Waals surface area (Å²) >= 11 is 0. The zero-order valence-corrected chi connectivity index (χ0v) is 8.51. The minimum Gasteiger partial charge on any atom is -0.327 e.